The van der Waals surface area contributed by atoms with Crippen LogP contribution in [-0.4, -0.2) is 44.2 Å². The second-order valence-electron chi connectivity index (χ2n) is 4.79. The van der Waals surface area contributed by atoms with E-state index in [4.69, 9.17) is 10.8 Å². The highest BCUT2D eigenvalue weighted by Crippen LogP contribution is 2.29. The van der Waals surface area contributed by atoms with Crippen LogP contribution in [0.5, 0.6) is 0 Å². The molecule has 0 radical (unpaired) electrons. The number of aromatic amines is 1. The van der Waals surface area contributed by atoms with Crippen LogP contribution in [0.4, 0.5) is 5.95 Å². The van der Waals surface area contributed by atoms with Crippen molar-refractivity contribution in [2.24, 2.45) is 0 Å². The van der Waals surface area contributed by atoms with Gasteiger partial charge in [0, 0.05) is 0 Å². The summed E-state index contributed by atoms with van der Waals surface area (Å²) in [6.07, 6.45) is 4.90. The molecule has 0 spiro atoms. The van der Waals surface area contributed by atoms with E-state index in [0.29, 0.717) is 5.65 Å². The summed E-state index contributed by atoms with van der Waals surface area (Å²) in [7, 11) is -3.57. The van der Waals surface area contributed by atoms with E-state index in [9.17, 15) is 13.2 Å². The van der Waals surface area contributed by atoms with Gasteiger partial charge in [0.2, 0.25) is 5.95 Å². The zero-order valence-electron chi connectivity index (χ0n) is 10.8. The third kappa shape index (κ3) is 2.21. The van der Waals surface area contributed by atoms with Crippen LogP contribution >= 0.6 is 0 Å². The van der Waals surface area contributed by atoms with Crippen molar-refractivity contribution in [3.05, 3.63) is 28.8 Å². The molecule has 0 amide bonds. The molecule has 1 aliphatic carbocycles. The van der Waals surface area contributed by atoms with Gasteiger partial charge in [-0.15, -0.1) is 0 Å². The number of nitrogens with zero attached hydrogens (tertiary/aromatic N) is 3. The number of nitrogen functional groups attached to an aromatic ring is 1. The normalized spacial score (nSPS) is 22.1. The Balaban J connectivity index is 2.01. The highest BCUT2D eigenvalue weighted by atomic mass is 32.2. The highest BCUT2D eigenvalue weighted by Gasteiger charge is 2.31. The lowest BCUT2D eigenvalue weighted by molar-refractivity contribution is 0.356. The summed E-state index contributed by atoms with van der Waals surface area (Å²) in [5.74, 6) is -0.930. The fourth-order valence-electron chi connectivity index (χ4n) is 2.40. The van der Waals surface area contributed by atoms with Crippen LogP contribution < -0.4 is 11.3 Å². The standard InChI is InChI=1S/C11H13N5O4S/c12-11-14-9-8(10(18)15-11)13-4-16(9)6-1-2-7(3-6)21(19,20)5-17/h1-2,4,6-7,17H,3,5H2,(H3,12,14,15,18). The Hall–Kier alpha value is -2.20. The Labute approximate surface area is 119 Å². The Morgan fingerprint density at radius 2 is 2.24 bits per heavy atom. The molecule has 112 valence electrons. The summed E-state index contributed by atoms with van der Waals surface area (Å²) in [4.78, 5) is 22.1. The van der Waals surface area contributed by atoms with E-state index < -0.39 is 26.6 Å². The number of imidazole rings is 1. The number of hydrogen-bond acceptors (Lipinski definition) is 7. The molecule has 0 saturated carbocycles. The third-order valence-corrected chi connectivity index (χ3v) is 5.10. The van der Waals surface area contributed by atoms with Crippen LogP contribution in [0.3, 0.4) is 0 Å². The molecule has 2 aromatic heterocycles. The first-order chi connectivity index (χ1) is 9.92. The summed E-state index contributed by atoms with van der Waals surface area (Å²) in [5, 5.41) is 8.14. The fraction of sp³-hybridized carbons (Fsp3) is 0.364. The summed E-state index contributed by atoms with van der Waals surface area (Å²) in [6.45, 7) is 0. The number of aliphatic hydroxyl groups excluding tert-OH is 1. The molecule has 0 aromatic carbocycles. The van der Waals surface area contributed by atoms with Crippen molar-refractivity contribution in [2.45, 2.75) is 17.7 Å². The number of aliphatic hydroxyl groups is 1. The molecule has 2 aromatic rings. The lowest BCUT2D eigenvalue weighted by atomic mass is 10.2. The van der Waals surface area contributed by atoms with Gasteiger partial charge in [0.15, 0.2) is 21.0 Å². The van der Waals surface area contributed by atoms with E-state index >= 15 is 0 Å². The van der Waals surface area contributed by atoms with Gasteiger partial charge in [-0.3, -0.25) is 9.78 Å². The van der Waals surface area contributed by atoms with Crippen molar-refractivity contribution in [1.29, 1.82) is 0 Å². The van der Waals surface area contributed by atoms with Crippen molar-refractivity contribution >= 4 is 26.9 Å². The topological polar surface area (TPSA) is 144 Å². The second-order valence-corrected chi connectivity index (χ2v) is 6.98. The first kappa shape index (κ1) is 13.8. The van der Waals surface area contributed by atoms with E-state index in [2.05, 4.69) is 15.0 Å². The lowest BCUT2D eigenvalue weighted by Crippen LogP contribution is -2.22. The van der Waals surface area contributed by atoms with E-state index in [0.717, 1.165) is 0 Å². The number of allylic oxidation sites excluding steroid dienone is 1. The summed E-state index contributed by atoms with van der Waals surface area (Å²) in [6, 6.07) is -0.310. The monoisotopic (exact) mass is 311 g/mol. The van der Waals surface area contributed by atoms with E-state index in [1.54, 1.807) is 10.6 Å². The van der Waals surface area contributed by atoms with Crippen molar-refractivity contribution in [3.8, 4) is 0 Å². The Morgan fingerprint density at radius 1 is 1.48 bits per heavy atom. The van der Waals surface area contributed by atoms with Crippen molar-refractivity contribution in [1.82, 2.24) is 19.5 Å². The summed E-state index contributed by atoms with van der Waals surface area (Å²) >= 11 is 0. The number of sulfone groups is 1. The van der Waals surface area contributed by atoms with Crippen LogP contribution in [0.15, 0.2) is 23.3 Å². The quantitative estimate of drug-likeness (QED) is 0.612. The number of nitrogens with one attached hydrogen (secondary N) is 1. The molecule has 3 rings (SSSR count). The van der Waals surface area contributed by atoms with Crippen LogP contribution in [-0.2, 0) is 9.84 Å². The van der Waals surface area contributed by atoms with Gasteiger partial charge in [-0.25, -0.2) is 13.4 Å². The van der Waals surface area contributed by atoms with Crippen molar-refractivity contribution in [3.63, 3.8) is 0 Å². The van der Waals surface area contributed by atoms with Gasteiger partial charge in [0.1, 0.15) is 5.94 Å². The molecule has 2 unspecified atom stereocenters. The minimum Gasteiger partial charge on any atom is -0.380 e. The molecule has 0 saturated heterocycles. The molecule has 4 N–H and O–H groups in total. The Kier molecular flexibility index (Phi) is 3.06. The maximum Gasteiger partial charge on any atom is 0.280 e. The van der Waals surface area contributed by atoms with Gasteiger partial charge in [-0.05, 0) is 6.42 Å². The van der Waals surface area contributed by atoms with E-state index in [1.807, 2.05) is 0 Å². The third-order valence-electron chi connectivity index (χ3n) is 3.47. The largest absolute Gasteiger partial charge is 0.380 e. The van der Waals surface area contributed by atoms with Crippen molar-refractivity contribution in [2.75, 3.05) is 11.7 Å². The van der Waals surface area contributed by atoms with Crippen LogP contribution in [0.1, 0.15) is 12.5 Å². The van der Waals surface area contributed by atoms with Gasteiger partial charge in [0.05, 0.1) is 17.6 Å². The lowest BCUT2D eigenvalue weighted by Gasteiger charge is -2.13. The van der Waals surface area contributed by atoms with Crippen LogP contribution in [0, 0.1) is 0 Å². The first-order valence-corrected chi connectivity index (χ1v) is 7.87. The van der Waals surface area contributed by atoms with Crippen molar-refractivity contribution < 1.29 is 13.5 Å². The molecule has 9 nitrogen and oxygen atoms in total. The zero-order valence-corrected chi connectivity index (χ0v) is 11.6. The average Bonchev–Trinajstić information content (AvgIpc) is 3.04. The molecular formula is C11H13N5O4S. The molecule has 2 heterocycles. The second kappa shape index (κ2) is 4.67. The Morgan fingerprint density at radius 3 is 2.95 bits per heavy atom. The highest BCUT2D eigenvalue weighted by molar-refractivity contribution is 7.92. The SMILES string of the molecule is Nc1nc2c(ncn2C2C=CC(S(=O)(=O)CO)C2)c(=O)[nH]1. The van der Waals surface area contributed by atoms with Gasteiger partial charge < -0.3 is 15.4 Å². The average molecular weight is 311 g/mol. The molecule has 21 heavy (non-hydrogen) atoms. The number of rotatable bonds is 3. The number of hydrogen-bond donors (Lipinski definition) is 3. The zero-order chi connectivity index (χ0) is 15.2. The molecular weight excluding hydrogens is 298 g/mol. The number of H-pyrrole nitrogens is 1. The Bertz CT molecular complexity index is 882. The molecule has 0 fully saturated rings. The van der Waals surface area contributed by atoms with Gasteiger partial charge in [-0.2, -0.15) is 4.98 Å². The minimum absolute atomic E-state index is 0.0317. The van der Waals surface area contributed by atoms with E-state index in [1.165, 1.54) is 12.4 Å². The minimum atomic E-state index is -3.57. The van der Waals surface area contributed by atoms with E-state index in [-0.39, 0.29) is 23.9 Å². The summed E-state index contributed by atoms with van der Waals surface area (Å²) in [5.41, 5.74) is 5.51. The molecule has 0 aliphatic heterocycles. The smallest absolute Gasteiger partial charge is 0.280 e. The number of nitrogens with two attached hydrogens (primary N) is 1. The molecule has 1 aliphatic rings. The predicted molar refractivity (Wildman–Crippen MR) is 75.1 cm³/mol. The summed E-state index contributed by atoms with van der Waals surface area (Å²) < 4.78 is 24.9. The molecule has 2 atom stereocenters. The van der Waals surface area contributed by atoms with Crippen LogP contribution in [0.2, 0.25) is 0 Å². The molecule has 10 heteroatoms. The molecule has 0 bridgehead atoms. The first-order valence-electron chi connectivity index (χ1n) is 6.15. The van der Waals surface area contributed by atoms with Gasteiger partial charge >= 0.3 is 0 Å². The van der Waals surface area contributed by atoms with Crippen LogP contribution in [0.25, 0.3) is 11.2 Å². The van der Waals surface area contributed by atoms with Gasteiger partial charge in [-0.1, -0.05) is 12.2 Å². The van der Waals surface area contributed by atoms with Gasteiger partial charge in [0.25, 0.3) is 5.56 Å². The maximum atomic E-state index is 11.7. The predicted octanol–water partition coefficient (Wildman–Crippen LogP) is -1.06. The fourth-order valence-corrected chi connectivity index (χ4v) is 3.41. The number of fused-ring (bicyclic) bond motifs is 1. The number of aromatic nitrogens is 4. The maximum absolute atomic E-state index is 11.7. The number of anilines is 1.